The van der Waals surface area contributed by atoms with Crippen LogP contribution in [0.25, 0.3) is 0 Å². The number of rotatable bonds is 3. The van der Waals surface area contributed by atoms with E-state index >= 15 is 0 Å². The Morgan fingerprint density at radius 2 is 1.69 bits per heavy atom. The zero-order valence-corrected chi connectivity index (χ0v) is 9.08. The van der Waals surface area contributed by atoms with Crippen molar-refractivity contribution >= 4 is 21.9 Å². The molecular weight excluding hydrogens is 234 g/mol. The average molecular weight is 242 g/mol. The highest BCUT2D eigenvalue weighted by Crippen LogP contribution is 2.07. The summed E-state index contributed by atoms with van der Waals surface area (Å²) in [6, 6.07) is 5.18. The van der Waals surface area contributed by atoms with Gasteiger partial charge in [0.05, 0.1) is 12.2 Å². The second kappa shape index (κ2) is 4.31. The van der Waals surface area contributed by atoms with E-state index in [2.05, 4.69) is 0 Å². The van der Waals surface area contributed by atoms with E-state index in [0.29, 0.717) is 0 Å². The van der Waals surface area contributed by atoms with Crippen LogP contribution in [0, 0.1) is 0 Å². The number of nitrogens with one attached hydrogen (secondary N) is 1. The van der Waals surface area contributed by atoms with Gasteiger partial charge in [-0.3, -0.25) is 4.79 Å². The minimum atomic E-state index is -3.73. The summed E-state index contributed by atoms with van der Waals surface area (Å²) in [7, 11) is -3.73. The van der Waals surface area contributed by atoms with E-state index in [1.807, 2.05) is 0 Å². The number of hydrogen-bond donors (Lipinski definition) is 1. The molecular formula is C9H8NO5S-. The van der Waals surface area contributed by atoms with Crippen LogP contribution in [0.3, 0.4) is 0 Å². The van der Waals surface area contributed by atoms with Crippen LogP contribution < -0.4 is 9.83 Å². The van der Waals surface area contributed by atoms with Crippen molar-refractivity contribution in [3.63, 3.8) is 0 Å². The summed E-state index contributed by atoms with van der Waals surface area (Å²) in [5, 5.41) is 10.7. The minimum absolute atomic E-state index is 0.257. The van der Waals surface area contributed by atoms with Crippen LogP contribution in [0.5, 0.6) is 0 Å². The first kappa shape index (κ1) is 12.2. The Hall–Kier alpha value is -1.89. The zero-order chi connectivity index (χ0) is 12.3. The lowest BCUT2D eigenvalue weighted by Crippen LogP contribution is -2.32. The summed E-state index contributed by atoms with van der Waals surface area (Å²) in [4.78, 5) is 22.1. The van der Waals surface area contributed by atoms with Gasteiger partial charge in [0, 0.05) is 11.1 Å². The minimum Gasteiger partial charge on any atom is -0.545 e. The number of sulfonamides is 1. The van der Waals surface area contributed by atoms with Crippen LogP contribution >= 0.6 is 0 Å². The van der Waals surface area contributed by atoms with E-state index in [1.165, 1.54) is 18.2 Å². The molecule has 1 aromatic carbocycles. The number of aromatic carboxylic acids is 1. The van der Waals surface area contributed by atoms with Gasteiger partial charge in [0.1, 0.15) is 0 Å². The molecule has 0 bridgehead atoms. The second-order valence-corrected chi connectivity index (χ2v) is 4.78. The highest BCUT2D eigenvalue weighted by Gasteiger charge is 2.14. The predicted molar refractivity (Wildman–Crippen MR) is 53.1 cm³/mol. The molecule has 1 N–H and O–H groups in total. The van der Waals surface area contributed by atoms with Crippen LogP contribution in [0.4, 0.5) is 0 Å². The fourth-order valence-corrected chi connectivity index (χ4v) is 1.53. The Labute approximate surface area is 92.0 Å². The smallest absolute Gasteiger partial charge is 0.265 e. The van der Waals surface area contributed by atoms with Gasteiger partial charge in [-0.15, -0.1) is 0 Å². The van der Waals surface area contributed by atoms with E-state index in [0.717, 1.165) is 12.3 Å². The van der Waals surface area contributed by atoms with Gasteiger partial charge < -0.3 is 9.90 Å². The Kier molecular flexibility index (Phi) is 3.28. The maximum atomic E-state index is 11.4. The zero-order valence-electron chi connectivity index (χ0n) is 8.26. The second-order valence-electron chi connectivity index (χ2n) is 3.04. The monoisotopic (exact) mass is 242 g/mol. The fourth-order valence-electron chi connectivity index (χ4n) is 1.08. The SMILES string of the molecule is CS(=O)(=O)NC(=O)c1ccccc1C(=O)[O-]. The molecule has 16 heavy (non-hydrogen) atoms. The maximum Gasteiger partial charge on any atom is 0.265 e. The normalized spacial score (nSPS) is 10.8. The van der Waals surface area contributed by atoms with Crippen molar-refractivity contribution in [2.75, 3.05) is 6.26 Å². The quantitative estimate of drug-likeness (QED) is 0.712. The van der Waals surface area contributed by atoms with Crippen LogP contribution in [0.15, 0.2) is 24.3 Å². The molecule has 0 spiro atoms. The van der Waals surface area contributed by atoms with Crippen LogP contribution in [0.1, 0.15) is 20.7 Å². The third-order valence-electron chi connectivity index (χ3n) is 1.67. The lowest BCUT2D eigenvalue weighted by Gasteiger charge is -2.09. The summed E-state index contributed by atoms with van der Waals surface area (Å²) < 4.78 is 23.3. The lowest BCUT2D eigenvalue weighted by atomic mass is 10.1. The number of amides is 1. The van der Waals surface area contributed by atoms with Crippen molar-refractivity contribution in [2.45, 2.75) is 0 Å². The van der Waals surface area contributed by atoms with Gasteiger partial charge in [0.25, 0.3) is 5.91 Å². The highest BCUT2D eigenvalue weighted by atomic mass is 32.2. The predicted octanol–water partition coefficient (Wildman–Crippen LogP) is -1.26. The number of hydrogen-bond acceptors (Lipinski definition) is 5. The summed E-state index contributed by atoms with van der Waals surface area (Å²) >= 11 is 0. The molecule has 0 aliphatic heterocycles. The molecule has 1 amide bonds. The summed E-state index contributed by atoms with van der Waals surface area (Å²) in [5.41, 5.74) is -0.614. The van der Waals surface area contributed by atoms with Crippen molar-refractivity contribution in [1.82, 2.24) is 4.72 Å². The van der Waals surface area contributed by atoms with Gasteiger partial charge in [-0.1, -0.05) is 18.2 Å². The topological polar surface area (TPSA) is 103 Å². The molecule has 0 atom stereocenters. The van der Waals surface area contributed by atoms with Crippen LogP contribution in [-0.4, -0.2) is 26.6 Å². The first-order valence-electron chi connectivity index (χ1n) is 4.14. The Morgan fingerprint density at radius 3 is 2.12 bits per heavy atom. The van der Waals surface area contributed by atoms with Crippen LogP contribution in [0.2, 0.25) is 0 Å². The fraction of sp³-hybridized carbons (Fsp3) is 0.111. The van der Waals surface area contributed by atoms with Gasteiger partial charge in [0.15, 0.2) is 0 Å². The Balaban J connectivity index is 3.14. The Morgan fingerprint density at radius 1 is 1.19 bits per heavy atom. The number of carboxylic acids is 1. The van der Waals surface area contributed by atoms with Crippen molar-refractivity contribution in [3.8, 4) is 0 Å². The molecule has 6 nitrogen and oxygen atoms in total. The van der Waals surface area contributed by atoms with Crippen molar-refractivity contribution < 1.29 is 23.1 Å². The average Bonchev–Trinajstić information content (AvgIpc) is 2.15. The van der Waals surface area contributed by atoms with E-state index in [9.17, 15) is 23.1 Å². The molecule has 1 rings (SSSR count). The largest absolute Gasteiger partial charge is 0.545 e. The highest BCUT2D eigenvalue weighted by molar-refractivity contribution is 7.89. The first-order chi connectivity index (χ1) is 7.31. The number of benzene rings is 1. The number of carbonyl (C=O) groups excluding carboxylic acids is 2. The molecule has 0 saturated carbocycles. The van der Waals surface area contributed by atoms with Gasteiger partial charge in [-0.05, 0) is 6.07 Å². The van der Waals surface area contributed by atoms with E-state index in [4.69, 9.17) is 0 Å². The standard InChI is InChI=1S/C9H9NO5S/c1-16(14,15)10-8(11)6-4-2-3-5-7(6)9(12)13/h2-5H,1H3,(H,10,11)(H,12,13)/p-1. The molecule has 7 heteroatoms. The molecule has 0 saturated heterocycles. The van der Waals surface area contributed by atoms with Crippen molar-refractivity contribution in [2.24, 2.45) is 0 Å². The van der Waals surface area contributed by atoms with Gasteiger partial charge >= 0.3 is 0 Å². The summed E-state index contributed by atoms with van der Waals surface area (Å²) in [6.45, 7) is 0. The van der Waals surface area contributed by atoms with Gasteiger partial charge in [-0.25, -0.2) is 13.1 Å². The maximum absolute atomic E-state index is 11.4. The molecule has 0 radical (unpaired) electrons. The van der Waals surface area contributed by atoms with E-state index in [-0.39, 0.29) is 11.1 Å². The third kappa shape index (κ3) is 3.06. The van der Waals surface area contributed by atoms with Crippen LogP contribution in [-0.2, 0) is 10.0 Å². The summed E-state index contributed by atoms with van der Waals surface area (Å²) in [6.07, 6.45) is 0.798. The summed E-state index contributed by atoms with van der Waals surface area (Å²) in [5.74, 6) is -2.54. The lowest BCUT2D eigenvalue weighted by molar-refractivity contribution is -0.255. The molecule has 0 heterocycles. The molecule has 86 valence electrons. The third-order valence-corrected chi connectivity index (χ3v) is 2.23. The number of carboxylic acid groups (broad SMARTS) is 1. The van der Waals surface area contributed by atoms with Crippen molar-refractivity contribution in [3.05, 3.63) is 35.4 Å². The molecule has 1 aromatic rings. The van der Waals surface area contributed by atoms with E-state index in [1.54, 1.807) is 4.72 Å². The molecule has 0 fully saturated rings. The first-order valence-corrected chi connectivity index (χ1v) is 6.03. The van der Waals surface area contributed by atoms with Gasteiger partial charge in [-0.2, -0.15) is 0 Å². The van der Waals surface area contributed by atoms with Gasteiger partial charge in [0.2, 0.25) is 10.0 Å². The molecule has 0 unspecified atom stereocenters. The molecule has 0 aliphatic rings. The van der Waals surface area contributed by atoms with Crippen molar-refractivity contribution in [1.29, 1.82) is 0 Å². The molecule has 0 aliphatic carbocycles. The Bertz CT molecular complexity index is 535. The molecule has 0 aromatic heterocycles. The van der Waals surface area contributed by atoms with E-state index < -0.39 is 21.9 Å². The number of carbonyl (C=O) groups is 2.